The maximum atomic E-state index is 9.88. The molecule has 0 aliphatic rings. The van der Waals surface area contributed by atoms with Gasteiger partial charge in [0, 0.05) is 21.7 Å². The second kappa shape index (κ2) is 4.49. The van der Waals surface area contributed by atoms with E-state index in [1.54, 1.807) is 30.0 Å². The first-order chi connectivity index (χ1) is 7.74. The first kappa shape index (κ1) is 10.9. The molecular formula is C13H13NOS. The minimum atomic E-state index is 0.224. The minimum absolute atomic E-state index is 0.224. The van der Waals surface area contributed by atoms with E-state index >= 15 is 0 Å². The Morgan fingerprint density at radius 2 is 1.81 bits per heavy atom. The zero-order chi connectivity index (χ0) is 11.5. The van der Waals surface area contributed by atoms with Crippen molar-refractivity contribution >= 4 is 17.4 Å². The van der Waals surface area contributed by atoms with Crippen LogP contribution in [0.2, 0.25) is 0 Å². The van der Waals surface area contributed by atoms with Crippen molar-refractivity contribution in [2.75, 3.05) is 12.0 Å². The van der Waals surface area contributed by atoms with E-state index in [2.05, 4.69) is 0 Å². The molecule has 0 bridgehead atoms. The molecule has 0 aliphatic carbocycles. The van der Waals surface area contributed by atoms with Crippen molar-refractivity contribution < 1.29 is 5.11 Å². The molecule has 82 valence electrons. The summed E-state index contributed by atoms with van der Waals surface area (Å²) in [5, 5.41) is 9.88. The average molecular weight is 231 g/mol. The van der Waals surface area contributed by atoms with E-state index in [1.807, 2.05) is 30.5 Å². The Kier molecular flexibility index (Phi) is 3.06. The number of phenols is 1. The Hall–Kier alpha value is -1.61. The second-order valence-electron chi connectivity index (χ2n) is 3.44. The van der Waals surface area contributed by atoms with Gasteiger partial charge in [0.1, 0.15) is 5.75 Å². The molecule has 0 heterocycles. The zero-order valence-electron chi connectivity index (χ0n) is 8.97. The lowest BCUT2D eigenvalue weighted by molar-refractivity contribution is 0.477. The first-order valence-electron chi connectivity index (χ1n) is 4.95. The number of hydrogen-bond donors (Lipinski definition) is 2. The number of anilines is 1. The van der Waals surface area contributed by atoms with E-state index in [0.717, 1.165) is 10.5 Å². The van der Waals surface area contributed by atoms with Crippen molar-refractivity contribution in [1.29, 1.82) is 0 Å². The number of benzene rings is 2. The van der Waals surface area contributed by atoms with Gasteiger partial charge in [0.15, 0.2) is 0 Å². The van der Waals surface area contributed by atoms with Gasteiger partial charge < -0.3 is 10.8 Å². The maximum Gasteiger partial charge on any atom is 0.125 e. The monoisotopic (exact) mass is 231 g/mol. The van der Waals surface area contributed by atoms with Crippen LogP contribution in [0.25, 0.3) is 11.1 Å². The quantitative estimate of drug-likeness (QED) is 0.615. The molecule has 0 atom stereocenters. The Morgan fingerprint density at radius 1 is 1.06 bits per heavy atom. The fourth-order valence-electron chi connectivity index (χ4n) is 1.70. The molecule has 0 amide bonds. The first-order valence-corrected chi connectivity index (χ1v) is 6.17. The smallest absolute Gasteiger partial charge is 0.125 e. The highest BCUT2D eigenvalue weighted by atomic mass is 32.2. The van der Waals surface area contributed by atoms with Crippen LogP contribution in [0.4, 0.5) is 5.69 Å². The zero-order valence-corrected chi connectivity index (χ0v) is 9.79. The van der Waals surface area contributed by atoms with Crippen molar-refractivity contribution in [3.8, 4) is 16.9 Å². The fraction of sp³-hybridized carbons (Fsp3) is 0.0769. The van der Waals surface area contributed by atoms with Gasteiger partial charge in [-0.1, -0.05) is 24.3 Å². The van der Waals surface area contributed by atoms with Crippen LogP contribution in [-0.4, -0.2) is 11.4 Å². The van der Waals surface area contributed by atoms with Crippen LogP contribution in [0, 0.1) is 0 Å². The fourth-order valence-corrected chi connectivity index (χ4v) is 2.31. The molecule has 0 saturated carbocycles. The van der Waals surface area contributed by atoms with Gasteiger partial charge in [-0.2, -0.15) is 0 Å². The van der Waals surface area contributed by atoms with Gasteiger partial charge in [-0.3, -0.25) is 0 Å². The third-order valence-electron chi connectivity index (χ3n) is 2.45. The van der Waals surface area contributed by atoms with Gasteiger partial charge in [0.2, 0.25) is 0 Å². The van der Waals surface area contributed by atoms with Gasteiger partial charge in [-0.15, -0.1) is 11.8 Å². The summed E-state index contributed by atoms with van der Waals surface area (Å²) < 4.78 is 0. The normalized spacial score (nSPS) is 10.3. The molecule has 2 aromatic rings. The van der Waals surface area contributed by atoms with E-state index in [0.29, 0.717) is 11.3 Å². The molecule has 16 heavy (non-hydrogen) atoms. The van der Waals surface area contributed by atoms with Crippen molar-refractivity contribution in [3.05, 3.63) is 42.5 Å². The predicted molar refractivity (Wildman–Crippen MR) is 69.7 cm³/mol. The highest BCUT2D eigenvalue weighted by Gasteiger charge is 2.11. The lowest BCUT2D eigenvalue weighted by Crippen LogP contribution is -1.91. The molecule has 0 aliphatic heterocycles. The summed E-state index contributed by atoms with van der Waals surface area (Å²) in [5.74, 6) is 0.224. The highest BCUT2D eigenvalue weighted by Crippen LogP contribution is 2.38. The Morgan fingerprint density at radius 3 is 2.50 bits per heavy atom. The predicted octanol–water partition coefficient (Wildman–Crippen LogP) is 3.36. The number of hydrogen-bond acceptors (Lipinski definition) is 3. The van der Waals surface area contributed by atoms with Crippen LogP contribution in [0.1, 0.15) is 0 Å². The van der Waals surface area contributed by atoms with Crippen LogP contribution in [0.5, 0.6) is 5.75 Å². The van der Waals surface area contributed by atoms with Gasteiger partial charge >= 0.3 is 0 Å². The summed E-state index contributed by atoms with van der Waals surface area (Å²) in [4.78, 5) is 1.11. The maximum absolute atomic E-state index is 9.88. The molecule has 0 radical (unpaired) electrons. The summed E-state index contributed by atoms with van der Waals surface area (Å²) in [6, 6.07) is 13.1. The van der Waals surface area contributed by atoms with Crippen LogP contribution in [-0.2, 0) is 0 Å². The minimum Gasteiger partial charge on any atom is -0.507 e. The average Bonchev–Trinajstić information content (AvgIpc) is 2.29. The molecule has 2 nitrogen and oxygen atoms in total. The molecule has 0 fully saturated rings. The molecule has 0 unspecified atom stereocenters. The van der Waals surface area contributed by atoms with E-state index < -0.39 is 0 Å². The van der Waals surface area contributed by atoms with Crippen molar-refractivity contribution in [1.82, 2.24) is 0 Å². The summed E-state index contributed by atoms with van der Waals surface area (Å²) in [5.41, 5.74) is 8.20. The van der Waals surface area contributed by atoms with Gasteiger partial charge in [0.05, 0.1) is 0 Å². The lowest BCUT2D eigenvalue weighted by atomic mass is 10.0. The van der Waals surface area contributed by atoms with Crippen LogP contribution in [0.15, 0.2) is 47.4 Å². The van der Waals surface area contributed by atoms with Gasteiger partial charge in [-0.25, -0.2) is 0 Å². The van der Waals surface area contributed by atoms with Gasteiger partial charge in [0.25, 0.3) is 0 Å². The summed E-state index contributed by atoms with van der Waals surface area (Å²) in [6.45, 7) is 0. The Balaban J connectivity index is 2.67. The summed E-state index contributed by atoms with van der Waals surface area (Å²) in [6.07, 6.45) is 2.01. The van der Waals surface area contributed by atoms with Crippen molar-refractivity contribution in [3.63, 3.8) is 0 Å². The number of nitrogen functional groups attached to an aromatic ring is 1. The van der Waals surface area contributed by atoms with Gasteiger partial charge in [-0.05, 0) is 24.5 Å². The molecule has 0 saturated heterocycles. The highest BCUT2D eigenvalue weighted by molar-refractivity contribution is 7.98. The van der Waals surface area contributed by atoms with E-state index in [4.69, 9.17) is 5.73 Å². The second-order valence-corrected chi connectivity index (χ2v) is 4.29. The van der Waals surface area contributed by atoms with Crippen molar-refractivity contribution in [2.45, 2.75) is 4.90 Å². The standard InChI is InChI=1S/C13H13NOS/c1-16-12-8-3-2-5-9(12)13-10(14)6-4-7-11(13)15/h2-8,15H,14H2,1H3. The number of nitrogens with two attached hydrogens (primary N) is 1. The molecule has 0 spiro atoms. The molecule has 3 heteroatoms. The van der Waals surface area contributed by atoms with E-state index in [9.17, 15) is 5.11 Å². The lowest BCUT2D eigenvalue weighted by Gasteiger charge is -2.11. The number of phenolic OH excluding ortho intramolecular Hbond substituents is 1. The van der Waals surface area contributed by atoms with Crippen molar-refractivity contribution in [2.24, 2.45) is 0 Å². The number of thioether (sulfide) groups is 1. The number of rotatable bonds is 2. The third kappa shape index (κ3) is 1.86. The molecule has 2 aromatic carbocycles. The van der Waals surface area contributed by atoms with Crippen LogP contribution in [0.3, 0.4) is 0 Å². The largest absolute Gasteiger partial charge is 0.507 e. The van der Waals surface area contributed by atoms with Crippen LogP contribution >= 0.6 is 11.8 Å². The summed E-state index contributed by atoms with van der Waals surface area (Å²) >= 11 is 1.64. The molecule has 0 aromatic heterocycles. The van der Waals surface area contributed by atoms with Crippen LogP contribution < -0.4 is 5.73 Å². The summed E-state index contributed by atoms with van der Waals surface area (Å²) in [7, 11) is 0. The van der Waals surface area contributed by atoms with E-state index in [-0.39, 0.29) is 5.75 Å². The Bertz CT molecular complexity index is 491. The molecular weight excluding hydrogens is 218 g/mol. The SMILES string of the molecule is CSc1ccccc1-c1c(N)cccc1O. The van der Waals surface area contributed by atoms with E-state index in [1.165, 1.54) is 0 Å². The topological polar surface area (TPSA) is 46.2 Å². The number of aromatic hydroxyl groups is 1. The third-order valence-corrected chi connectivity index (χ3v) is 3.25. The molecule has 2 rings (SSSR count). The molecule has 3 N–H and O–H groups in total. The Labute approximate surface area is 99.1 Å².